The van der Waals surface area contributed by atoms with E-state index in [0.29, 0.717) is 34.8 Å². The predicted molar refractivity (Wildman–Crippen MR) is 83.5 cm³/mol. The molecule has 3 rings (SSSR count). The van der Waals surface area contributed by atoms with E-state index in [1.54, 1.807) is 18.2 Å². The van der Waals surface area contributed by atoms with Gasteiger partial charge < -0.3 is 14.9 Å². The molecule has 3 aromatic rings. The maximum atomic E-state index is 12.2. The highest BCUT2D eigenvalue weighted by molar-refractivity contribution is 5.82. The molecule has 0 aliphatic carbocycles. The van der Waals surface area contributed by atoms with Crippen LogP contribution < -0.4 is 15.9 Å². The first-order valence-electron chi connectivity index (χ1n) is 6.74. The Bertz CT molecular complexity index is 852. The highest BCUT2D eigenvalue weighted by Crippen LogP contribution is 2.31. The molecule has 1 aromatic heterocycles. The monoisotopic (exact) mass is 281 g/mol. The van der Waals surface area contributed by atoms with Crippen molar-refractivity contribution in [1.82, 2.24) is 0 Å². The summed E-state index contributed by atoms with van der Waals surface area (Å²) in [4.78, 5) is 12.2. The van der Waals surface area contributed by atoms with Gasteiger partial charge in [-0.3, -0.25) is 4.79 Å². The summed E-state index contributed by atoms with van der Waals surface area (Å²) >= 11 is 0. The van der Waals surface area contributed by atoms with Crippen LogP contribution in [0.1, 0.15) is 6.92 Å². The minimum atomic E-state index is -0.0995. The summed E-state index contributed by atoms with van der Waals surface area (Å²) in [6, 6.07) is 14.0. The fourth-order valence-corrected chi connectivity index (χ4v) is 2.26. The molecule has 4 heteroatoms. The summed E-state index contributed by atoms with van der Waals surface area (Å²) in [5.41, 5.74) is 7.44. The highest BCUT2D eigenvalue weighted by atomic mass is 16.5. The van der Waals surface area contributed by atoms with Crippen LogP contribution >= 0.6 is 0 Å². The van der Waals surface area contributed by atoms with Gasteiger partial charge in [0, 0.05) is 17.8 Å². The van der Waals surface area contributed by atoms with E-state index in [1.165, 1.54) is 6.07 Å². The number of hydrogen-bond donors (Lipinski definition) is 1. The number of fused-ring (bicyclic) bond motifs is 1. The smallest absolute Gasteiger partial charge is 0.193 e. The van der Waals surface area contributed by atoms with Crippen LogP contribution in [-0.2, 0) is 0 Å². The van der Waals surface area contributed by atoms with Crippen LogP contribution in [0.15, 0.2) is 57.7 Å². The van der Waals surface area contributed by atoms with Crippen molar-refractivity contribution in [3.63, 3.8) is 0 Å². The van der Waals surface area contributed by atoms with Gasteiger partial charge in [-0.2, -0.15) is 0 Å². The molecule has 2 N–H and O–H groups in total. The summed E-state index contributed by atoms with van der Waals surface area (Å²) in [6.07, 6.45) is 0. The van der Waals surface area contributed by atoms with Crippen molar-refractivity contribution in [2.24, 2.45) is 0 Å². The fraction of sp³-hybridized carbons (Fsp3) is 0.118. The number of ether oxygens (including phenoxy) is 1. The summed E-state index contributed by atoms with van der Waals surface area (Å²) in [7, 11) is 0. The number of para-hydroxylation sites is 1. The van der Waals surface area contributed by atoms with Crippen LogP contribution in [0.3, 0.4) is 0 Å². The van der Waals surface area contributed by atoms with Gasteiger partial charge in [0.05, 0.1) is 17.6 Å². The third-order valence-electron chi connectivity index (χ3n) is 3.21. The van der Waals surface area contributed by atoms with Gasteiger partial charge in [0.2, 0.25) is 0 Å². The van der Waals surface area contributed by atoms with Gasteiger partial charge in [0.1, 0.15) is 17.1 Å². The van der Waals surface area contributed by atoms with E-state index in [1.807, 2.05) is 31.2 Å². The number of nitrogen functional groups attached to an aromatic ring is 1. The molecule has 0 spiro atoms. The molecule has 106 valence electrons. The average molecular weight is 281 g/mol. The van der Waals surface area contributed by atoms with Gasteiger partial charge in [-0.05, 0) is 31.2 Å². The van der Waals surface area contributed by atoms with Crippen molar-refractivity contribution in [3.8, 4) is 17.1 Å². The SMILES string of the molecule is CCOc1ccccc1-c1cc(=O)c2ccc(N)cc2o1. The van der Waals surface area contributed by atoms with E-state index in [0.717, 1.165) is 5.56 Å². The zero-order valence-electron chi connectivity index (χ0n) is 11.6. The van der Waals surface area contributed by atoms with Gasteiger partial charge in [-0.15, -0.1) is 0 Å². The molecule has 0 radical (unpaired) electrons. The Morgan fingerprint density at radius 2 is 1.95 bits per heavy atom. The van der Waals surface area contributed by atoms with E-state index in [2.05, 4.69) is 0 Å². The fourth-order valence-electron chi connectivity index (χ4n) is 2.26. The number of nitrogens with two attached hydrogens (primary N) is 1. The molecule has 0 saturated heterocycles. The van der Waals surface area contributed by atoms with Crippen LogP contribution in [0.5, 0.6) is 5.75 Å². The van der Waals surface area contributed by atoms with E-state index >= 15 is 0 Å². The van der Waals surface area contributed by atoms with Crippen LogP contribution in [0.2, 0.25) is 0 Å². The molecule has 1 heterocycles. The standard InChI is InChI=1S/C17H15NO3/c1-2-20-15-6-4-3-5-13(15)17-10-14(19)12-8-7-11(18)9-16(12)21-17/h3-10H,2,18H2,1H3. The third kappa shape index (κ3) is 2.48. The van der Waals surface area contributed by atoms with Gasteiger partial charge in [-0.25, -0.2) is 0 Å². The summed E-state index contributed by atoms with van der Waals surface area (Å²) < 4.78 is 11.4. The van der Waals surface area contributed by atoms with Crippen LogP contribution in [-0.4, -0.2) is 6.61 Å². The number of rotatable bonds is 3. The van der Waals surface area contributed by atoms with Gasteiger partial charge in [0.15, 0.2) is 5.43 Å². The first-order valence-corrected chi connectivity index (χ1v) is 6.74. The normalized spacial score (nSPS) is 10.7. The van der Waals surface area contributed by atoms with Gasteiger partial charge >= 0.3 is 0 Å². The Morgan fingerprint density at radius 1 is 1.14 bits per heavy atom. The Balaban J connectivity index is 2.24. The van der Waals surface area contributed by atoms with E-state index in [4.69, 9.17) is 14.9 Å². The molecule has 0 aliphatic rings. The summed E-state index contributed by atoms with van der Waals surface area (Å²) in [6.45, 7) is 2.45. The molecule has 0 amide bonds. The lowest BCUT2D eigenvalue weighted by atomic mass is 10.1. The maximum absolute atomic E-state index is 12.2. The van der Waals surface area contributed by atoms with Crippen molar-refractivity contribution >= 4 is 16.7 Å². The first kappa shape index (κ1) is 13.2. The summed E-state index contributed by atoms with van der Waals surface area (Å²) in [5.74, 6) is 1.16. The number of anilines is 1. The Kier molecular flexibility index (Phi) is 3.36. The van der Waals surface area contributed by atoms with E-state index < -0.39 is 0 Å². The first-order chi connectivity index (χ1) is 10.2. The molecule has 21 heavy (non-hydrogen) atoms. The Morgan fingerprint density at radius 3 is 2.76 bits per heavy atom. The lowest BCUT2D eigenvalue weighted by molar-refractivity contribution is 0.341. The van der Waals surface area contributed by atoms with E-state index in [-0.39, 0.29) is 5.43 Å². The molecule has 0 bridgehead atoms. The van der Waals surface area contributed by atoms with Gasteiger partial charge in [-0.1, -0.05) is 12.1 Å². The average Bonchev–Trinajstić information content (AvgIpc) is 2.47. The Hall–Kier alpha value is -2.75. The molecule has 4 nitrogen and oxygen atoms in total. The van der Waals surface area contributed by atoms with Crippen LogP contribution in [0.25, 0.3) is 22.3 Å². The zero-order valence-corrected chi connectivity index (χ0v) is 11.6. The maximum Gasteiger partial charge on any atom is 0.193 e. The third-order valence-corrected chi connectivity index (χ3v) is 3.21. The molecule has 0 saturated carbocycles. The lowest BCUT2D eigenvalue weighted by Gasteiger charge is -2.09. The Labute approximate surface area is 121 Å². The topological polar surface area (TPSA) is 65.5 Å². The minimum Gasteiger partial charge on any atom is -0.493 e. The number of benzene rings is 2. The van der Waals surface area contributed by atoms with Crippen molar-refractivity contribution < 1.29 is 9.15 Å². The second-order valence-electron chi connectivity index (χ2n) is 4.66. The second kappa shape index (κ2) is 5.32. The highest BCUT2D eigenvalue weighted by Gasteiger charge is 2.11. The van der Waals surface area contributed by atoms with Gasteiger partial charge in [0.25, 0.3) is 0 Å². The lowest BCUT2D eigenvalue weighted by Crippen LogP contribution is -2.02. The van der Waals surface area contributed by atoms with Crippen molar-refractivity contribution in [2.45, 2.75) is 6.92 Å². The molecule has 0 atom stereocenters. The van der Waals surface area contributed by atoms with Crippen molar-refractivity contribution in [3.05, 3.63) is 58.8 Å². The van der Waals surface area contributed by atoms with Crippen LogP contribution in [0.4, 0.5) is 5.69 Å². The summed E-state index contributed by atoms with van der Waals surface area (Å²) in [5, 5.41) is 0.516. The molecule has 0 fully saturated rings. The largest absolute Gasteiger partial charge is 0.493 e. The van der Waals surface area contributed by atoms with Crippen LogP contribution in [0, 0.1) is 0 Å². The zero-order chi connectivity index (χ0) is 14.8. The molecular formula is C17H15NO3. The minimum absolute atomic E-state index is 0.0995. The quantitative estimate of drug-likeness (QED) is 0.747. The molecule has 0 unspecified atom stereocenters. The van der Waals surface area contributed by atoms with E-state index in [9.17, 15) is 4.79 Å². The molecular weight excluding hydrogens is 266 g/mol. The van der Waals surface area contributed by atoms with Crippen molar-refractivity contribution in [1.29, 1.82) is 0 Å². The molecule has 0 aliphatic heterocycles. The van der Waals surface area contributed by atoms with Crippen molar-refractivity contribution in [2.75, 3.05) is 12.3 Å². The second-order valence-corrected chi connectivity index (χ2v) is 4.66. The number of hydrogen-bond acceptors (Lipinski definition) is 4. The molecule has 2 aromatic carbocycles. The predicted octanol–water partition coefficient (Wildman–Crippen LogP) is 3.44.